The molecular formula is C12H9N3O3. The number of fused-ring (bicyclic) bond motifs is 3. The fourth-order valence-electron chi connectivity index (χ4n) is 2.03. The van der Waals surface area contributed by atoms with Gasteiger partial charge < -0.3 is 9.72 Å². The third-order valence-electron chi connectivity index (χ3n) is 2.79. The first-order chi connectivity index (χ1) is 8.74. The quantitative estimate of drug-likeness (QED) is 0.681. The van der Waals surface area contributed by atoms with E-state index in [0.717, 1.165) is 9.90 Å². The molecule has 0 saturated carbocycles. The average molecular weight is 243 g/mol. The monoisotopic (exact) mass is 243 g/mol. The van der Waals surface area contributed by atoms with Crippen LogP contribution >= 0.6 is 0 Å². The van der Waals surface area contributed by atoms with Crippen LogP contribution in [0.2, 0.25) is 0 Å². The van der Waals surface area contributed by atoms with Gasteiger partial charge in [-0.1, -0.05) is 6.07 Å². The highest BCUT2D eigenvalue weighted by molar-refractivity contribution is 5.99. The summed E-state index contributed by atoms with van der Waals surface area (Å²) >= 11 is 0. The summed E-state index contributed by atoms with van der Waals surface area (Å²) in [6, 6.07) is 6.90. The summed E-state index contributed by atoms with van der Waals surface area (Å²) in [5, 5.41) is 4.63. The first-order valence-electron chi connectivity index (χ1n) is 5.28. The van der Waals surface area contributed by atoms with Crippen LogP contribution in [0, 0.1) is 0 Å². The van der Waals surface area contributed by atoms with Crippen molar-refractivity contribution in [2.45, 2.75) is 0 Å². The zero-order valence-corrected chi connectivity index (χ0v) is 9.51. The molecule has 3 aromatic rings. The van der Waals surface area contributed by atoms with E-state index in [2.05, 4.69) is 10.1 Å². The molecule has 0 saturated heterocycles. The van der Waals surface area contributed by atoms with E-state index in [1.165, 1.54) is 0 Å². The van der Waals surface area contributed by atoms with E-state index < -0.39 is 0 Å². The Morgan fingerprint density at radius 3 is 3.00 bits per heavy atom. The number of aldehydes is 1. The van der Waals surface area contributed by atoms with Crippen molar-refractivity contribution in [2.24, 2.45) is 0 Å². The van der Waals surface area contributed by atoms with Gasteiger partial charge in [0.2, 0.25) is 0 Å². The van der Waals surface area contributed by atoms with Crippen LogP contribution in [0.3, 0.4) is 0 Å². The summed E-state index contributed by atoms with van der Waals surface area (Å²) in [5.74, 6) is 0.617. The standard InChI is InChI=1S/C12H9N3O3/c1-18-10-4-2-3-8-11(10)9-5-7(6-16)14-15(9)12(17)13-8/h2-6H,1H3,(H,13,17). The molecule has 1 aromatic carbocycles. The highest BCUT2D eigenvalue weighted by Gasteiger charge is 2.12. The molecule has 18 heavy (non-hydrogen) atoms. The Labute approximate surface area is 101 Å². The molecule has 2 heterocycles. The van der Waals surface area contributed by atoms with E-state index in [1.807, 2.05) is 0 Å². The van der Waals surface area contributed by atoms with Gasteiger partial charge in [0.05, 0.1) is 23.5 Å². The van der Waals surface area contributed by atoms with Gasteiger partial charge in [-0.3, -0.25) is 4.79 Å². The van der Waals surface area contributed by atoms with Crippen molar-refractivity contribution in [1.82, 2.24) is 14.6 Å². The SMILES string of the molecule is COc1cccc2[nH]c(=O)n3nc(C=O)cc3c12. The average Bonchev–Trinajstić information content (AvgIpc) is 2.82. The molecule has 6 nitrogen and oxygen atoms in total. The first-order valence-corrected chi connectivity index (χ1v) is 5.28. The van der Waals surface area contributed by atoms with Crippen LogP contribution in [0.5, 0.6) is 5.75 Å². The Morgan fingerprint density at radius 1 is 1.44 bits per heavy atom. The number of aromatic nitrogens is 3. The topological polar surface area (TPSA) is 76.5 Å². The molecule has 6 heteroatoms. The Kier molecular flexibility index (Phi) is 2.16. The van der Waals surface area contributed by atoms with Crippen molar-refractivity contribution in [3.63, 3.8) is 0 Å². The van der Waals surface area contributed by atoms with Gasteiger partial charge in [0.1, 0.15) is 11.4 Å². The van der Waals surface area contributed by atoms with Crippen LogP contribution in [-0.4, -0.2) is 28.0 Å². The summed E-state index contributed by atoms with van der Waals surface area (Å²) in [6.45, 7) is 0. The first kappa shape index (κ1) is 10.5. The van der Waals surface area contributed by atoms with Crippen molar-refractivity contribution in [3.05, 3.63) is 40.4 Å². The summed E-state index contributed by atoms with van der Waals surface area (Å²) in [4.78, 5) is 25.3. The molecule has 0 fully saturated rings. The molecule has 0 aliphatic rings. The second kappa shape index (κ2) is 3.69. The molecule has 0 atom stereocenters. The number of rotatable bonds is 2. The number of hydrogen-bond acceptors (Lipinski definition) is 4. The fourth-order valence-corrected chi connectivity index (χ4v) is 2.03. The zero-order chi connectivity index (χ0) is 12.7. The highest BCUT2D eigenvalue weighted by atomic mass is 16.5. The number of carbonyl (C=O) groups is 1. The van der Waals surface area contributed by atoms with Gasteiger partial charge >= 0.3 is 5.69 Å². The summed E-state index contributed by atoms with van der Waals surface area (Å²) in [5.41, 5.74) is 1.01. The van der Waals surface area contributed by atoms with Crippen molar-refractivity contribution in [3.8, 4) is 5.75 Å². The lowest BCUT2D eigenvalue weighted by molar-refractivity contribution is 0.111. The summed E-state index contributed by atoms with van der Waals surface area (Å²) in [7, 11) is 1.55. The van der Waals surface area contributed by atoms with E-state index in [9.17, 15) is 9.59 Å². The van der Waals surface area contributed by atoms with Gasteiger partial charge in [0, 0.05) is 0 Å². The second-order valence-corrected chi connectivity index (χ2v) is 3.80. The van der Waals surface area contributed by atoms with Crippen molar-refractivity contribution < 1.29 is 9.53 Å². The van der Waals surface area contributed by atoms with Gasteiger partial charge in [0.15, 0.2) is 6.29 Å². The van der Waals surface area contributed by atoms with E-state index in [-0.39, 0.29) is 11.4 Å². The van der Waals surface area contributed by atoms with Crippen LogP contribution in [-0.2, 0) is 0 Å². The van der Waals surface area contributed by atoms with Crippen molar-refractivity contribution in [2.75, 3.05) is 7.11 Å². The van der Waals surface area contributed by atoms with Gasteiger partial charge in [-0.25, -0.2) is 4.79 Å². The number of nitrogens with zero attached hydrogens (tertiary/aromatic N) is 2. The van der Waals surface area contributed by atoms with Gasteiger partial charge in [-0.15, -0.1) is 0 Å². The molecule has 0 spiro atoms. The third kappa shape index (κ3) is 1.32. The second-order valence-electron chi connectivity index (χ2n) is 3.80. The van der Waals surface area contributed by atoms with Gasteiger partial charge in [0.25, 0.3) is 0 Å². The Bertz CT molecular complexity index is 816. The number of aromatic amines is 1. The molecule has 0 amide bonds. The van der Waals surface area contributed by atoms with Crippen LogP contribution in [0.15, 0.2) is 29.1 Å². The minimum absolute atomic E-state index is 0.207. The van der Waals surface area contributed by atoms with Crippen LogP contribution in [0.1, 0.15) is 10.5 Å². The number of carbonyl (C=O) groups excluding carboxylic acids is 1. The molecule has 1 N–H and O–H groups in total. The molecule has 0 bridgehead atoms. The highest BCUT2D eigenvalue weighted by Crippen LogP contribution is 2.27. The number of nitrogens with one attached hydrogen (secondary N) is 1. The van der Waals surface area contributed by atoms with Crippen molar-refractivity contribution in [1.29, 1.82) is 0 Å². The minimum Gasteiger partial charge on any atom is -0.496 e. The Hall–Kier alpha value is -2.63. The maximum Gasteiger partial charge on any atom is 0.347 e. The number of hydrogen-bond donors (Lipinski definition) is 1. The number of methoxy groups -OCH3 is 1. The van der Waals surface area contributed by atoms with Gasteiger partial charge in [-0.05, 0) is 18.2 Å². The van der Waals surface area contributed by atoms with Gasteiger partial charge in [-0.2, -0.15) is 9.61 Å². The summed E-state index contributed by atoms with van der Waals surface area (Å²) < 4.78 is 6.43. The minimum atomic E-state index is -0.390. The maximum atomic E-state index is 11.8. The molecule has 0 aliphatic carbocycles. The van der Waals surface area contributed by atoms with E-state index in [4.69, 9.17) is 4.74 Å². The van der Waals surface area contributed by atoms with E-state index in [0.29, 0.717) is 23.1 Å². The van der Waals surface area contributed by atoms with Crippen LogP contribution < -0.4 is 10.4 Å². The smallest absolute Gasteiger partial charge is 0.347 e. The number of benzene rings is 1. The lowest BCUT2D eigenvalue weighted by Gasteiger charge is -2.05. The number of ether oxygens (including phenoxy) is 1. The molecule has 0 radical (unpaired) electrons. The molecular weight excluding hydrogens is 234 g/mol. The molecule has 90 valence electrons. The Morgan fingerprint density at radius 2 is 2.28 bits per heavy atom. The van der Waals surface area contributed by atoms with Crippen LogP contribution in [0.4, 0.5) is 0 Å². The predicted molar refractivity (Wildman–Crippen MR) is 65.3 cm³/mol. The normalized spacial score (nSPS) is 10.9. The van der Waals surface area contributed by atoms with E-state index >= 15 is 0 Å². The number of H-pyrrole nitrogens is 1. The van der Waals surface area contributed by atoms with Crippen LogP contribution in [0.25, 0.3) is 16.4 Å². The zero-order valence-electron chi connectivity index (χ0n) is 9.51. The van der Waals surface area contributed by atoms with Crippen molar-refractivity contribution >= 4 is 22.7 Å². The molecule has 3 rings (SSSR count). The molecule has 0 unspecified atom stereocenters. The fraction of sp³-hybridized carbons (Fsp3) is 0.0833. The maximum absolute atomic E-state index is 11.8. The lowest BCUT2D eigenvalue weighted by Crippen LogP contribution is -2.17. The largest absolute Gasteiger partial charge is 0.496 e. The molecule has 0 aliphatic heterocycles. The third-order valence-corrected chi connectivity index (χ3v) is 2.79. The summed E-state index contributed by atoms with van der Waals surface area (Å²) in [6.07, 6.45) is 0.605. The van der Waals surface area contributed by atoms with E-state index in [1.54, 1.807) is 31.4 Å². The predicted octanol–water partition coefficient (Wildman–Crippen LogP) is 0.997. The lowest BCUT2D eigenvalue weighted by atomic mass is 10.2. The Balaban J connectivity index is 2.60. The molecule has 2 aromatic heterocycles.